The number of amides is 1. The van der Waals surface area contributed by atoms with E-state index in [1.165, 1.54) is 5.39 Å². The zero-order chi connectivity index (χ0) is 22.8. The number of morpholine rings is 1. The molecule has 2 heterocycles. The van der Waals surface area contributed by atoms with Gasteiger partial charge in [-0.05, 0) is 43.5 Å². The van der Waals surface area contributed by atoms with E-state index in [4.69, 9.17) is 4.74 Å². The van der Waals surface area contributed by atoms with Crippen molar-refractivity contribution in [1.29, 1.82) is 0 Å². The first-order valence-electron chi connectivity index (χ1n) is 11.4. The van der Waals surface area contributed by atoms with Gasteiger partial charge in [0.15, 0.2) is 0 Å². The molecule has 3 aromatic carbocycles. The van der Waals surface area contributed by atoms with Crippen LogP contribution in [0, 0.1) is 6.92 Å². The Morgan fingerprint density at radius 3 is 2.64 bits per heavy atom. The van der Waals surface area contributed by atoms with E-state index in [2.05, 4.69) is 39.6 Å². The third kappa shape index (κ3) is 4.22. The predicted octanol–water partition coefficient (Wildman–Crippen LogP) is 4.66. The molecule has 1 N–H and O–H groups in total. The number of rotatable bonds is 5. The highest BCUT2D eigenvalue weighted by Crippen LogP contribution is 2.26. The Morgan fingerprint density at radius 2 is 1.79 bits per heavy atom. The number of benzene rings is 3. The highest BCUT2D eigenvalue weighted by atomic mass is 16.5. The minimum atomic E-state index is -0.173. The van der Waals surface area contributed by atoms with Crippen LogP contribution in [-0.4, -0.2) is 42.0 Å². The fraction of sp³-hybridized carbons (Fsp3) is 0.259. The number of aromatic nitrogens is 2. The lowest BCUT2D eigenvalue weighted by Gasteiger charge is -2.29. The van der Waals surface area contributed by atoms with E-state index in [1.54, 1.807) is 0 Å². The lowest BCUT2D eigenvalue weighted by atomic mass is 10.1. The first-order chi connectivity index (χ1) is 16.1. The van der Waals surface area contributed by atoms with Crippen LogP contribution in [0.1, 0.15) is 34.6 Å². The van der Waals surface area contributed by atoms with Crippen molar-refractivity contribution in [2.24, 2.45) is 0 Å². The fourth-order valence-electron chi connectivity index (χ4n) is 4.51. The second-order valence-corrected chi connectivity index (χ2v) is 8.44. The van der Waals surface area contributed by atoms with E-state index in [0.717, 1.165) is 41.1 Å². The number of anilines is 1. The maximum absolute atomic E-state index is 13.0. The Labute approximate surface area is 193 Å². The number of nitrogens with zero attached hydrogens (tertiary/aromatic N) is 3. The van der Waals surface area contributed by atoms with E-state index in [1.807, 2.05) is 67.2 Å². The molecule has 4 aromatic rings. The molecule has 1 fully saturated rings. The molecule has 0 spiro atoms. The highest BCUT2D eigenvalue weighted by Gasteiger charge is 2.19. The average molecular weight is 441 g/mol. The number of fused-ring (bicyclic) bond motifs is 1. The maximum Gasteiger partial charge on any atom is 0.251 e. The summed E-state index contributed by atoms with van der Waals surface area (Å²) in [7, 11) is 0. The van der Waals surface area contributed by atoms with Gasteiger partial charge in [0.1, 0.15) is 0 Å². The van der Waals surface area contributed by atoms with Gasteiger partial charge in [0.2, 0.25) is 0 Å². The van der Waals surface area contributed by atoms with Crippen molar-refractivity contribution in [3.63, 3.8) is 0 Å². The fourth-order valence-corrected chi connectivity index (χ4v) is 4.51. The van der Waals surface area contributed by atoms with Gasteiger partial charge in [0.05, 0.1) is 31.1 Å². The minimum absolute atomic E-state index is 0.0880. The van der Waals surface area contributed by atoms with Crippen LogP contribution in [0.15, 0.2) is 72.9 Å². The first kappa shape index (κ1) is 21.2. The number of nitrogens with one attached hydrogen (secondary N) is 1. The molecule has 0 saturated carbocycles. The van der Waals surface area contributed by atoms with Crippen LogP contribution >= 0.6 is 0 Å². The Morgan fingerprint density at radius 1 is 1.03 bits per heavy atom. The molecule has 0 bridgehead atoms. The Hall–Kier alpha value is -3.64. The molecule has 1 aliphatic heterocycles. The molecule has 1 amide bonds. The van der Waals surface area contributed by atoms with Gasteiger partial charge >= 0.3 is 0 Å². The second-order valence-electron chi connectivity index (χ2n) is 8.44. The number of carbonyl (C=O) groups is 1. The van der Waals surface area contributed by atoms with Gasteiger partial charge in [-0.15, -0.1) is 0 Å². The molecule has 1 aliphatic rings. The lowest BCUT2D eigenvalue weighted by Crippen LogP contribution is -2.36. The van der Waals surface area contributed by atoms with Gasteiger partial charge in [-0.25, -0.2) is 4.68 Å². The van der Waals surface area contributed by atoms with Gasteiger partial charge in [0.25, 0.3) is 5.91 Å². The highest BCUT2D eigenvalue weighted by molar-refractivity contribution is 5.95. The predicted molar refractivity (Wildman–Crippen MR) is 131 cm³/mol. The monoisotopic (exact) mass is 440 g/mol. The first-order valence-corrected chi connectivity index (χ1v) is 11.4. The van der Waals surface area contributed by atoms with Gasteiger partial charge < -0.3 is 15.0 Å². The van der Waals surface area contributed by atoms with Gasteiger partial charge in [-0.1, -0.05) is 42.5 Å². The Bertz CT molecular complexity index is 1290. The van der Waals surface area contributed by atoms with Crippen LogP contribution < -0.4 is 10.2 Å². The lowest BCUT2D eigenvalue weighted by molar-refractivity contribution is 0.0940. The molecule has 0 unspecified atom stereocenters. The van der Waals surface area contributed by atoms with Crippen LogP contribution in [0.3, 0.4) is 0 Å². The van der Waals surface area contributed by atoms with Crippen LogP contribution in [-0.2, 0) is 4.74 Å². The molecular weight excluding hydrogens is 412 g/mol. The normalized spacial score (nSPS) is 14.9. The summed E-state index contributed by atoms with van der Waals surface area (Å²) in [6.07, 6.45) is 1.85. The van der Waals surface area contributed by atoms with Crippen LogP contribution in [0.4, 0.5) is 5.69 Å². The van der Waals surface area contributed by atoms with Crippen molar-refractivity contribution in [2.75, 3.05) is 31.2 Å². The van der Waals surface area contributed by atoms with Crippen molar-refractivity contribution in [3.05, 3.63) is 89.7 Å². The zero-order valence-electron chi connectivity index (χ0n) is 19.0. The topological polar surface area (TPSA) is 59.4 Å². The van der Waals surface area contributed by atoms with Crippen molar-refractivity contribution in [3.8, 4) is 5.69 Å². The summed E-state index contributed by atoms with van der Waals surface area (Å²) < 4.78 is 7.40. The van der Waals surface area contributed by atoms with Crippen molar-refractivity contribution in [2.45, 2.75) is 19.9 Å². The summed E-state index contributed by atoms with van der Waals surface area (Å²) in [5.74, 6) is -0.0880. The summed E-state index contributed by atoms with van der Waals surface area (Å²) in [5.41, 5.74) is 4.76. The molecule has 1 atom stereocenters. The molecule has 6 nitrogen and oxygen atoms in total. The van der Waals surface area contributed by atoms with Crippen molar-refractivity contribution >= 4 is 22.4 Å². The second kappa shape index (κ2) is 9.08. The quantitative estimate of drug-likeness (QED) is 0.490. The molecule has 5 rings (SSSR count). The summed E-state index contributed by atoms with van der Waals surface area (Å²) >= 11 is 0. The van der Waals surface area contributed by atoms with Crippen LogP contribution in [0.5, 0.6) is 0 Å². The van der Waals surface area contributed by atoms with E-state index >= 15 is 0 Å². The number of hydrogen-bond donors (Lipinski definition) is 1. The smallest absolute Gasteiger partial charge is 0.251 e. The van der Waals surface area contributed by atoms with Crippen LogP contribution in [0.25, 0.3) is 16.5 Å². The molecule has 0 radical (unpaired) electrons. The molecule has 168 valence electrons. The third-order valence-electron chi connectivity index (χ3n) is 6.34. The molecule has 1 aromatic heterocycles. The van der Waals surface area contributed by atoms with Gasteiger partial charge in [0, 0.05) is 41.0 Å². The van der Waals surface area contributed by atoms with Crippen molar-refractivity contribution < 1.29 is 9.53 Å². The average Bonchev–Trinajstić information content (AvgIpc) is 3.25. The zero-order valence-corrected chi connectivity index (χ0v) is 19.0. The Balaban J connectivity index is 1.36. The van der Waals surface area contributed by atoms with E-state index in [0.29, 0.717) is 18.8 Å². The molecule has 0 aliphatic carbocycles. The SMILES string of the molecule is Cc1c([C@H](C)NC(=O)c2cccc(N3CCOCC3)c2)cnn1-c1cccc2ccccc12. The van der Waals surface area contributed by atoms with Crippen LogP contribution in [0.2, 0.25) is 0 Å². The summed E-state index contributed by atoms with van der Waals surface area (Å²) in [5, 5.41) is 10.1. The summed E-state index contributed by atoms with van der Waals surface area (Å²) in [6.45, 7) is 7.16. The van der Waals surface area contributed by atoms with E-state index in [9.17, 15) is 4.79 Å². The number of hydrogen-bond acceptors (Lipinski definition) is 4. The Kier molecular flexibility index (Phi) is 5.84. The molecule has 6 heteroatoms. The van der Waals surface area contributed by atoms with Crippen molar-refractivity contribution in [1.82, 2.24) is 15.1 Å². The molecule has 1 saturated heterocycles. The largest absolute Gasteiger partial charge is 0.378 e. The van der Waals surface area contributed by atoms with Gasteiger partial charge in [-0.3, -0.25) is 4.79 Å². The standard InChI is InChI=1S/C27H28N4O2/c1-19(29-27(32)22-9-5-10-23(17-22)30-13-15-33-16-14-30)25-18-28-31(20(25)2)26-12-6-8-21-7-3-4-11-24(21)26/h3-12,17-19H,13-16H2,1-2H3,(H,29,32)/t19-/m0/s1. The van der Waals surface area contributed by atoms with E-state index in [-0.39, 0.29) is 11.9 Å². The summed E-state index contributed by atoms with van der Waals surface area (Å²) in [6, 6.07) is 22.1. The number of carbonyl (C=O) groups excluding carboxylic acids is 1. The molecular formula is C27H28N4O2. The van der Waals surface area contributed by atoms with Gasteiger partial charge in [-0.2, -0.15) is 5.10 Å². The summed E-state index contributed by atoms with van der Waals surface area (Å²) in [4.78, 5) is 15.3. The minimum Gasteiger partial charge on any atom is -0.378 e. The number of ether oxygens (including phenoxy) is 1. The third-order valence-corrected chi connectivity index (χ3v) is 6.34. The molecule has 33 heavy (non-hydrogen) atoms. The maximum atomic E-state index is 13.0. The van der Waals surface area contributed by atoms with E-state index < -0.39 is 0 Å².